The first kappa shape index (κ1) is 13.4. The summed E-state index contributed by atoms with van der Waals surface area (Å²) >= 11 is 0. The Morgan fingerprint density at radius 3 is 2.29 bits per heavy atom. The predicted molar refractivity (Wildman–Crippen MR) is 58.4 cm³/mol. The molecular weight excluding hydrogens is 178 g/mol. The molecule has 0 spiro atoms. The Balaban J connectivity index is 4.57. The lowest BCUT2D eigenvalue weighted by molar-refractivity contribution is -0.146. The van der Waals surface area contributed by atoms with Gasteiger partial charge in [-0.05, 0) is 25.3 Å². The Hall–Kier alpha value is -0.570. The summed E-state index contributed by atoms with van der Waals surface area (Å²) in [5.74, 6) is -0.271. The van der Waals surface area contributed by atoms with E-state index in [4.69, 9.17) is 0 Å². The summed E-state index contributed by atoms with van der Waals surface area (Å²) in [7, 11) is 0. The third kappa shape index (κ3) is 3.29. The Morgan fingerprint density at radius 2 is 2.00 bits per heavy atom. The van der Waals surface area contributed by atoms with Crippen LogP contribution in [0.4, 0.5) is 0 Å². The summed E-state index contributed by atoms with van der Waals surface area (Å²) in [6, 6.07) is 0. The summed E-state index contributed by atoms with van der Waals surface area (Å²) in [4.78, 5) is 11.2. The largest absolute Gasteiger partial charge is 0.480 e. The van der Waals surface area contributed by atoms with Crippen molar-refractivity contribution in [1.29, 1.82) is 0 Å². The van der Waals surface area contributed by atoms with Crippen molar-refractivity contribution in [3.63, 3.8) is 0 Å². The van der Waals surface area contributed by atoms with Crippen LogP contribution in [0.25, 0.3) is 0 Å². The van der Waals surface area contributed by atoms with Crippen LogP contribution >= 0.6 is 0 Å². The van der Waals surface area contributed by atoms with Gasteiger partial charge in [0.05, 0.1) is 0 Å². The molecule has 0 saturated heterocycles. The molecule has 0 aromatic heterocycles. The van der Waals surface area contributed by atoms with Crippen LogP contribution in [0.1, 0.15) is 47.0 Å². The molecule has 0 bridgehead atoms. The highest BCUT2D eigenvalue weighted by atomic mass is 16.4. The van der Waals surface area contributed by atoms with Crippen molar-refractivity contribution in [3.05, 3.63) is 0 Å². The fourth-order valence-electron chi connectivity index (χ4n) is 1.73. The van der Waals surface area contributed by atoms with E-state index in [1.54, 1.807) is 0 Å². The van der Waals surface area contributed by atoms with Gasteiger partial charge in [0.1, 0.15) is 5.54 Å². The van der Waals surface area contributed by atoms with Gasteiger partial charge in [0.25, 0.3) is 0 Å². The maximum Gasteiger partial charge on any atom is 0.323 e. The fourth-order valence-corrected chi connectivity index (χ4v) is 1.73. The number of carboxylic acids is 1. The minimum atomic E-state index is -0.720. The minimum absolute atomic E-state index is 0.449. The van der Waals surface area contributed by atoms with E-state index in [-0.39, 0.29) is 0 Å². The SMILES string of the molecule is CCNC(CC)(CC(C)CC)C(=O)O. The van der Waals surface area contributed by atoms with Crippen molar-refractivity contribution < 1.29 is 9.90 Å². The van der Waals surface area contributed by atoms with Crippen molar-refractivity contribution in [3.8, 4) is 0 Å². The topological polar surface area (TPSA) is 49.3 Å². The van der Waals surface area contributed by atoms with E-state index in [2.05, 4.69) is 19.2 Å². The Labute approximate surface area is 86.9 Å². The zero-order valence-electron chi connectivity index (χ0n) is 9.76. The zero-order chi connectivity index (χ0) is 11.2. The van der Waals surface area contributed by atoms with Crippen molar-refractivity contribution >= 4 is 5.97 Å². The maximum atomic E-state index is 11.2. The normalized spacial score (nSPS) is 17.4. The standard InChI is InChI=1S/C11H23NO2/c1-5-9(4)8-11(6-2,10(13)14)12-7-3/h9,12H,5-8H2,1-4H3,(H,13,14). The van der Waals surface area contributed by atoms with Gasteiger partial charge in [0.15, 0.2) is 0 Å². The second-order valence-corrected chi connectivity index (χ2v) is 3.99. The maximum absolute atomic E-state index is 11.2. The van der Waals surface area contributed by atoms with Crippen molar-refractivity contribution in [2.75, 3.05) is 6.54 Å². The summed E-state index contributed by atoms with van der Waals surface area (Å²) in [6.07, 6.45) is 2.38. The summed E-state index contributed by atoms with van der Waals surface area (Å²) in [5, 5.41) is 12.3. The third-order valence-corrected chi connectivity index (χ3v) is 2.92. The van der Waals surface area contributed by atoms with Gasteiger partial charge in [-0.2, -0.15) is 0 Å². The van der Waals surface area contributed by atoms with Gasteiger partial charge in [0, 0.05) is 0 Å². The van der Waals surface area contributed by atoms with Gasteiger partial charge in [-0.15, -0.1) is 0 Å². The van der Waals surface area contributed by atoms with Crippen molar-refractivity contribution in [2.24, 2.45) is 5.92 Å². The first-order chi connectivity index (χ1) is 6.52. The number of aliphatic carboxylic acids is 1. The molecule has 0 saturated carbocycles. The van der Waals surface area contributed by atoms with E-state index >= 15 is 0 Å². The smallest absolute Gasteiger partial charge is 0.323 e. The molecular formula is C11H23NO2. The molecule has 0 amide bonds. The van der Waals surface area contributed by atoms with Crippen molar-refractivity contribution in [2.45, 2.75) is 52.5 Å². The molecule has 0 aliphatic rings. The van der Waals surface area contributed by atoms with E-state index in [1.807, 2.05) is 13.8 Å². The lowest BCUT2D eigenvalue weighted by Crippen LogP contribution is -2.52. The molecule has 3 nitrogen and oxygen atoms in total. The molecule has 0 aromatic carbocycles. The monoisotopic (exact) mass is 201 g/mol. The Bertz CT molecular complexity index is 182. The molecule has 84 valence electrons. The second-order valence-electron chi connectivity index (χ2n) is 3.99. The lowest BCUT2D eigenvalue weighted by atomic mass is 9.84. The fraction of sp³-hybridized carbons (Fsp3) is 0.909. The molecule has 0 radical (unpaired) electrons. The third-order valence-electron chi connectivity index (χ3n) is 2.92. The average Bonchev–Trinajstić information content (AvgIpc) is 2.16. The number of likely N-dealkylation sites (N-methyl/N-ethyl adjacent to an activating group) is 1. The number of carboxylic acid groups (broad SMARTS) is 1. The van der Waals surface area contributed by atoms with Gasteiger partial charge < -0.3 is 10.4 Å². The van der Waals surface area contributed by atoms with E-state index in [0.29, 0.717) is 25.3 Å². The molecule has 0 heterocycles. The first-order valence-corrected chi connectivity index (χ1v) is 5.50. The van der Waals surface area contributed by atoms with Gasteiger partial charge in [0.2, 0.25) is 0 Å². The highest BCUT2D eigenvalue weighted by Crippen LogP contribution is 2.23. The molecule has 0 aliphatic heterocycles. The van der Waals surface area contributed by atoms with E-state index in [0.717, 1.165) is 6.42 Å². The van der Waals surface area contributed by atoms with Crippen LogP contribution in [-0.2, 0) is 4.79 Å². The molecule has 2 atom stereocenters. The van der Waals surface area contributed by atoms with E-state index in [9.17, 15) is 9.90 Å². The van der Waals surface area contributed by atoms with Crippen LogP contribution in [0.15, 0.2) is 0 Å². The highest BCUT2D eigenvalue weighted by molar-refractivity contribution is 5.78. The minimum Gasteiger partial charge on any atom is -0.480 e. The number of carbonyl (C=O) groups is 1. The Kier molecular flexibility index (Phi) is 5.77. The van der Waals surface area contributed by atoms with Crippen LogP contribution in [0.5, 0.6) is 0 Å². The quantitative estimate of drug-likeness (QED) is 0.664. The van der Waals surface area contributed by atoms with Gasteiger partial charge in [-0.3, -0.25) is 4.79 Å². The Morgan fingerprint density at radius 1 is 1.43 bits per heavy atom. The molecule has 2 unspecified atom stereocenters. The van der Waals surface area contributed by atoms with E-state index < -0.39 is 11.5 Å². The highest BCUT2D eigenvalue weighted by Gasteiger charge is 2.36. The van der Waals surface area contributed by atoms with Crippen LogP contribution in [0, 0.1) is 5.92 Å². The van der Waals surface area contributed by atoms with Gasteiger partial charge >= 0.3 is 5.97 Å². The zero-order valence-corrected chi connectivity index (χ0v) is 9.76. The van der Waals surface area contributed by atoms with Crippen LogP contribution < -0.4 is 5.32 Å². The second kappa shape index (κ2) is 6.02. The van der Waals surface area contributed by atoms with Crippen LogP contribution in [-0.4, -0.2) is 23.2 Å². The number of hydrogen-bond acceptors (Lipinski definition) is 2. The molecule has 0 rings (SSSR count). The van der Waals surface area contributed by atoms with Crippen molar-refractivity contribution in [1.82, 2.24) is 5.32 Å². The lowest BCUT2D eigenvalue weighted by Gasteiger charge is -2.31. The number of rotatable bonds is 7. The first-order valence-electron chi connectivity index (χ1n) is 5.50. The molecule has 3 heteroatoms. The summed E-state index contributed by atoms with van der Waals surface area (Å²) in [5.41, 5.74) is -0.718. The van der Waals surface area contributed by atoms with Crippen LogP contribution in [0.3, 0.4) is 0 Å². The van der Waals surface area contributed by atoms with E-state index in [1.165, 1.54) is 0 Å². The summed E-state index contributed by atoms with van der Waals surface area (Å²) < 4.78 is 0. The molecule has 14 heavy (non-hydrogen) atoms. The molecule has 0 fully saturated rings. The summed E-state index contributed by atoms with van der Waals surface area (Å²) in [6.45, 7) is 8.78. The molecule has 2 N–H and O–H groups in total. The average molecular weight is 201 g/mol. The van der Waals surface area contributed by atoms with Crippen LogP contribution in [0.2, 0.25) is 0 Å². The van der Waals surface area contributed by atoms with Gasteiger partial charge in [-0.25, -0.2) is 0 Å². The van der Waals surface area contributed by atoms with Gasteiger partial charge in [-0.1, -0.05) is 34.1 Å². The number of nitrogens with one attached hydrogen (secondary N) is 1. The number of hydrogen-bond donors (Lipinski definition) is 2. The molecule has 0 aliphatic carbocycles. The molecule has 0 aromatic rings. The predicted octanol–water partition coefficient (Wildman–Crippen LogP) is 2.27.